The van der Waals surface area contributed by atoms with Crippen LogP contribution in [0.2, 0.25) is 0 Å². The van der Waals surface area contributed by atoms with E-state index in [0.29, 0.717) is 30.5 Å². The van der Waals surface area contributed by atoms with Crippen molar-refractivity contribution in [3.05, 3.63) is 96.9 Å². The Kier molecular flexibility index (Phi) is 6.72. The molecule has 1 N–H and O–H groups in total. The zero-order valence-electron chi connectivity index (χ0n) is 15.1. The first-order chi connectivity index (χ1) is 13.2. The van der Waals surface area contributed by atoms with E-state index in [1.807, 2.05) is 66.7 Å². The van der Waals surface area contributed by atoms with Gasteiger partial charge >= 0.3 is 0 Å². The monoisotopic (exact) mass is 363 g/mol. The zero-order chi connectivity index (χ0) is 18.9. The van der Waals surface area contributed by atoms with Crippen molar-refractivity contribution >= 4 is 0 Å². The predicted octanol–water partition coefficient (Wildman–Crippen LogP) is 4.42. The summed E-state index contributed by atoms with van der Waals surface area (Å²) in [5.41, 5.74) is 2.14. The molecule has 4 nitrogen and oxygen atoms in total. The first-order valence-electron chi connectivity index (χ1n) is 8.82. The topological polar surface area (TPSA) is 47.9 Å². The molecule has 0 aliphatic rings. The molecule has 0 aliphatic heterocycles. The Labute approximate surface area is 160 Å². The van der Waals surface area contributed by atoms with Crippen molar-refractivity contribution in [3.63, 3.8) is 0 Å². The van der Waals surface area contributed by atoms with Crippen LogP contribution in [0, 0.1) is 6.92 Å². The summed E-state index contributed by atoms with van der Waals surface area (Å²) in [4.78, 5) is 0. The highest BCUT2D eigenvalue weighted by atomic mass is 16.5. The van der Waals surface area contributed by atoms with Crippen LogP contribution in [0.1, 0.15) is 11.1 Å². The highest BCUT2D eigenvalue weighted by Crippen LogP contribution is 2.33. The summed E-state index contributed by atoms with van der Waals surface area (Å²) in [5, 5.41) is 9.31. The molecule has 0 unspecified atom stereocenters. The molecule has 0 fully saturated rings. The maximum absolute atomic E-state index is 9.31. The largest absolute Gasteiger partial charge is 0.491 e. The molecular formula is C23H23O4. The summed E-state index contributed by atoms with van der Waals surface area (Å²) in [7, 11) is 0. The molecule has 4 heteroatoms. The highest BCUT2D eigenvalue weighted by Gasteiger charge is 2.10. The summed E-state index contributed by atoms with van der Waals surface area (Å²) >= 11 is 0. The summed E-state index contributed by atoms with van der Waals surface area (Å²) in [6.07, 6.45) is -0.785. The Hall–Kier alpha value is -2.98. The Bertz CT molecular complexity index is 816. The van der Waals surface area contributed by atoms with Crippen LogP contribution in [0.3, 0.4) is 0 Å². The molecule has 0 amide bonds. The summed E-state index contributed by atoms with van der Waals surface area (Å²) in [6.45, 7) is 4.49. The summed E-state index contributed by atoms with van der Waals surface area (Å²) in [6, 6.07) is 25.2. The number of rotatable bonds is 9. The summed E-state index contributed by atoms with van der Waals surface area (Å²) in [5.74, 6) is 1.82. The Balaban J connectivity index is 1.73. The molecule has 1 atom stereocenters. The van der Waals surface area contributed by atoms with E-state index in [1.165, 1.54) is 0 Å². The van der Waals surface area contributed by atoms with Crippen LogP contribution < -0.4 is 14.2 Å². The van der Waals surface area contributed by atoms with Crippen molar-refractivity contribution in [2.45, 2.75) is 19.3 Å². The lowest BCUT2D eigenvalue weighted by atomic mass is 10.2. The molecule has 3 aromatic rings. The van der Waals surface area contributed by atoms with Gasteiger partial charge in [-0.05, 0) is 30.2 Å². The van der Waals surface area contributed by atoms with Gasteiger partial charge in [0.2, 0.25) is 0 Å². The van der Waals surface area contributed by atoms with Crippen LogP contribution in [-0.2, 0) is 13.2 Å². The average Bonchev–Trinajstić information content (AvgIpc) is 2.71. The molecule has 0 saturated carbocycles. The molecule has 3 rings (SSSR count). The van der Waals surface area contributed by atoms with E-state index >= 15 is 0 Å². The minimum absolute atomic E-state index is 0.113. The number of ether oxygens (including phenoxy) is 3. The average molecular weight is 363 g/mol. The van der Waals surface area contributed by atoms with Crippen molar-refractivity contribution in [2.24, 2.45) is 0 Å². The van der Waals surface area contributed by atoms with Crippen LogP contribution >= 0.6 is 0 Å². The number of hydrogen-bond acceptors (Lipinski definition) is 4. The van der Waals surface area contributed by atoms with Crippen molar-refractivity contribution in [1.29, 1.82) is 0 Å². The van der Waals surface area contributed by atoms with E-state index in [-0.39, 0.29) is 6.61 Å². The molecule has 3 aromatic carbocycles. The zero-order valence-corrected chi connectivity index (χ0v) is 15.1. The van der Waals surface area contributed by atoms with E-state index in [9.17, 15) is 5.11 Å². The Morgan fingerprint density at radius 2 is 1.26 bits per heavy atom. The number of benzene rings is 3. The fraction of sp³-hybridized carbons (Fsp3) is 0.174. The van der Waals surface area contributed by atoms with E-state index in [1.54, 1.807) is 12.1 Å². The first-order valence-corrected chi connectivity index (χ1v) is 8.82. The van der Waals surface area contributed by atoms with Gasteiger partial charge in [-0.3, -0.25) is 0 Å². The van der Waals surface area contributed by atoms with Gasteiger partial charge in [-0.25, -0.2) is 0 Å². The third-order valence-electron chi connectivity index (χ3n) is 3.83. The first kappa shape index (κ1) is 18.8. The highest BCUT2D eigenvalue weighted by molar-refractivity contribution is 5.46. The molecule has 0 bridgehead atoms. The lowest BCUT2D eigenvalue weighted by molar-refractivity contribution is 0.142. The van der Waals surface area contributed by atoms with Crippen LogP contribution in [0.25, 0.3) is 0 Å². The number of aliphatic hydroxyl groups is 1. The second kappa shape index (κ2) is 9.64. The van der Waals surface area contributed by atoms with E-state index in [2.05, 4.69) is 6.92 Å². The second-order valence-electron chi connectivity index (χ2n) is 6.12. The fourth-order valence-corrected chi connectivity index (χ4v) is 2.47. The lowest BCUT2D eigenvalue weighted by Crippen LogP contribution is -2.13. The van der Waals surface area contributed by atoms with Gasteiger partial charge in [-0.2, -0.15) is 0 Å². The number of aliphatic hydroxyl groups excluding tert-OH is 1. The Morgan fingerprint density at radius 3 is 1.81 bits per heavy atom. The predicted molar refractivity (Wildman–Crippen MR) is 105 cm³/mol. The molecular weight excluding hydrogens is 340 g/mol. The van der Waals surface area contributed by atoms with Gasteiger partial charge in [0.1, 0.15) is 25.6 Å². The third kappa shape index (κ3) is 6.04. The van der Waals surface area contributed by atoms with E-state index in [0.717, 1.165) is 11.1 Å². The molecule has 0 heterocycles. The molecule has 1 radical (unpaired) electrons. The minimum Gasteiger partial charge on any atom is -0.491 e. The molecule has 0 saturated heterocycles. The smallest absolute Gasteiger partial charge is 0.165 e. The normalized spacial score (nSPS) is 11.6. The second-order valence-corrected chi connectivity index (χ2v) is 6.12. The van der Waals surface area contributed by atoms with Crippen LogP contribution in [0.4, 0.5) is 0 Å². The van der Waals surface area contributed by atoms with Gasteiger partial charge in [-0.1, -0.05) is 60.7 Å². The van der Waals surface area contributed by atoms with Gasteiger partial charge in [0.15, 0.2) is 11.5 Å². The third-order valence-corrected chi connectivity index (χ3v) is 3.83. The standard InChI is InChI=1S/C23H23O4/c1-18(24)15-25-21-12-13-22(26-16-19-8-4-2-5-9-19)23(14-21)27-17-20-10-6-3-7-11-20/h2-14,18,24H,1,15-17H2/t18-/m1/s1. The SMILES string of the molecule is [CH2][C@@H](O)COc1ccc(OCc2ccccc2)c(OCc2ccccc2)c1. The Morgan fingerprint density at radius 1 is 0.704 bits per heavy atom. The van der Waals surface area contributed by atoms with Gasteiger partial charge in [-0.15, -0.1) is 0 Å². The van der Waals surface area contributed by atoms with Crippen LogP contribution in [0.15, 0.2) is 78.9 Å². The maximum Gasteiger partial charge on any atom is 0.165 e. The van der Waals surface area contributed by atoms with Gasteiger partial charge in [0.25, 0.3) is 0 Å². The minimum atomic E-state index is -0.785. The van der Waals surface area contributed by atoms with E-state index in [4.69, 9.17) is 14.2 Å². The number of hydrogen-bond donors (Lipinski definition) is 1. The van der Waals surface area contributed by atoms with Crippen molar-refractivity contribution in [3.8, 4) is 17.2 Å². The molecule has 139 valence electrons. The lowest BCUT2D eigenvalue weighted by Gasteiger charge is -2.15. The van der Waals surface area contributed by atoms with Crippen molar-refractivity contribution in [2.75, 3.05) is 6.61 Å². The molecule has 27 heavy (non-hydrogen) atoms. The molecule has 0 aromatic heterocycles. The van der Waals surface area contributed by atoms with Crippen LogP contribution in [0.5, 0.6) is 17.2 Å². The maximum atomic E-state index is 9.31. The van der Waals surface area contributed by atoms with Gasteiger partial charge in [0.05, 0.1) is 6.10 Å². The van der Waals surface area contributed by atoms with E-state index < -0.39 is 6.10 Å². The van der Waals surface area contributed by atoms with Crippen LogP contribution in [-0.4, -0.2) is 17.8 Å². The quantitative estimate of drug-likeness (QED) is 0.611. The molecule has 0 spiro atoms. The van der Waals surface area contributed by atoms with Gasteiger partial charge in [0, 0.05) is 6.07 Å². The van der Waals surface area contributed by atoms with Gasteiger partial charge < -0.3 is 19.3 Å². The molecule has 0 aliphatic carbocycles. The van der Waals surface area contributed by atoms with Crippen molar-refractivity contribution in [1.82, 2.24) is 0 Å². The van der Waals surface area contributed by atoms with Crippen molar-refractivity contribution < 1.29 is 19.3 Å². The fourth-order valence-electron chi connectivity index (χ4n) is 2.47. The summed E-state index contributed by atoms with van der Waals surface area (Å²) < 4.78 is 17.5.